The molecule has 0 saturated heterocycles. The van der Waals surface area contributed by atoms with E-state index in [0.29, 0.717) is 0 Å². The first-order valence-electron chi connectivity index (χ1n) is 9.78. The van der Waals surface area contributed by atoms with Crippen LogP contribution in [0, 0.1) is 0 Å². The summed E-state index contributed by atoms with van der Waals surface area (Å²) >= 11 is 0. The van der Waals surface area contributed by atoms with E-state index in [-0.39, 0.29) is 0 Å². The minimum absolute atomic E-state index is 1.18. The van der Waals surface area contributed by atoms with E-state index < -0.39 is 0 Å². The molecule has 126 valence electrons. The number of hydrogen-bond acceptors (Lipinski definition) is 1. The van der Waals surface area contributed by atoms with Gasteiger partial charge in [-0.15, -0.1) is 0 Å². The second kappa shape index (κ2) is 12.7. The Labute approximate surface area is 138 Å². The van der Waals surface area contributed by atoms with Crippen molar-refractivity contribution in [3.05, 3.63) is 29.1 Å². The fourth-order valence-corrected chi connectivity index (χ4v) is 3.03. The lowest BCUT2D eigenvalue weighted by Gasteiger charge is -2.11. The van der Waals surface area contributed by atoms with Crippen molar-refractivity contribution < 1.29 is 0 Å². The van der Waals surface area contributed by atoms with Gasteiger partial charge in [-0.1, -0.05) is 71.8 Å². The molecular formula is C21H37N. The molecule has 0 radical (unpaired) electrons. The maximum Gasteiger partial charge on any atom is 0.0435 e. The molecule has 0 saturated carbocycles. The van der Waals surface area contributed by atoms with Gasteiger partial charge in [0.2, 0.25) is 0 Å². The summed E-state index contributed by atoms with van der Waals surface area (Å²) in [5.74, 6) is 0. The van der Waals surface area contributed by atoms with Crippen LogP contribution >= 0.6 is 0 Å². The average molecular weight is 304 g/mol. The molecule has 1 rings (SSSR count). The molecule has 0 aromatic carbocycles. The maximum atomic E-state index is 4.83. The van der Waals surface area contributed by atoms with Crippen molar-refractivity contribution in [2.24, 2.45) is 0 Å². The summed E-state index contributed by atoms with van der Waals surface area (Å²) < 4.78 is 0. The summed E-state index contributed by atoms with van der Waals surface area (Å²) in [5, 5.41) is 0. The molecule has 0 aliphatic rings. The zero-order chi connectivity index (χ0) is 16.0. The number of hydrogen-bond donors (Lipinski definition) is 0. The highest BCUT2D eigenvalue weighted by Gasteiger charge is 2.06. The smallest absolute Gasteiger partial charge is 0.0435 e. The molecule has 22 heavy (non-hydrogen) atoms. The first-order valence-corrected chi connectivity index (χ1v) is 9.78. The van der Waals surface area contributed by atoms with E-state index in [9.17, 15) is 0 Å². The fraction of sp³-hybridized carbons (Fsp3) is 0.762. The second-order valence-corrected chi connectivity index (χ2v) is 6.67. The molecule has 1 aromatic rings. The molecule has 0 atom stereocenters. The van der Waals surface area contributed by atoms with Crippen LogP contribution in [0.25, 0.3) is 0 Å². The lowest BCUT2D eigenvalue weighted by atomic mass is 9.98. The Morgan fingerprint density at radius 3 is 1.95 bits per heavy atom. The van der Waals surface area contributed by atoms with E-state index in [4.69, 9.17) is 4.98 Å². The molecule has 1 heterocycles. The fourth-order valence-electron chi connectivity index (χ4n) is 3.03. The van der Waals surface area contributed by atoms with Gasteiger partial charge in [0.15, 0.2) is 0 Å². The molecule has 0 fully saturated rings. The molecule has 1 heteroatoms. The Hall–Kier alpha value is -0.850. The standard InChI is InChI=1S/C21H37N/c1-4-7-10-13-16-21-20(15-12-9-6-3)17-19(18-22-21)14-11-8-5-2/h17-18H,4-16H2,1-3H3. The van der Waals surface area contributed by atoms with Crippen LogP contribution in [0.15, 0.2) is 12.3 Å². The predicted molar refractivity (Wildman–Crippen MR) is 98.5 cm³/mol. The van der Waals surface area contributed by atoms with Crippen LogP contribution in [0.2, 0.25) is 0 Å². The Kier molecular flexibility index (Phi) is 11.1. The lowest BCUT2D eigenvalue weighted by Crippen LogP contribution is -2.01. The average Bonchev–Trinajstić information content (AvgIpc) is 2.53. The quantitative estimate of drug-likeness (QED) is 0.371. The van der Waals surface area contributed by atoms with Crippen molar-refractivity contribution in [3.63, 3.8) is 0 Å². The zero-order valence-electron chi connectivity index (χ0n) is 15.3. The maximum absolute atomic E-state index is 4.83. The van der Waals surface area contributed by atoms with Crippen LogP contribution in [0.1, 0.15) is 102 Å². The summed E-state index contributed by atoms with van der Waals surface area (Å²) in [6, 6.07) is 2.47. The first-order chi connectivity index (χ1) is 10.8. The third-order valence-electron chi connectivity index (χ3n) is 4.50. The Balaban J connectivity index is 2.62. The summed E-state index contributed by atoms with van der Waals surface area (Å²) in [6.45, 7) is 6.83. The monoisotopic (exact) mass is 303 g/mol. The van der Waals surface area contributed by atoms with E-state index in [1.807, 2.05) is 0 Å². The van der Waals surface area contributed by atoms with Gasteiger partial charge in [-0.25, -0.2) is 0 Å². The summed E-state index contributed by atoms with van der Waals surface area (Å²) in [5.41, 5.74) is 4.38. The van der Waals surface area contributed by atoms with Gasteiger partial charge in [-0.2, -0.15) is 0 Å². The van der Waals surface area contributed by atoms with Gasteiger partial charge in [0.25, 0.3) is 0 Å². The third kappa shape index (κ3) is 7.96. The van der Waals surface area contributed by atoms with Gasteiger partial charge in [0, 0.05) is 11.9 Å². The van der Waals surface area contributed by atoms with Crippen molar-refractivity contribution in [2.75, 3.05) is 0 Å². The van der Waals surface area contributed by atoms with E-state index >= 15 is 0 Å². The van der Waals surface area contributed by atoms with E-state index in [2.05, 4.69) is 33.0 Å². The lowest BCUT2D eigenvalue weighted by molar-refractivity contribution is 0.650. The first kappa shape index (κ1) is 19.2. The van der Waals surface area contributed by atoms with Crippen molar-refractivity contribution >= 4 is 0 Å². The summed E-state index contributed by atoms with van der Waals surface area (Å²) in [6.07, 6.45) is 19.0. The van der Waals surface area contributed by atoms with Crippen molar-refractivity contribution in [3.8, 4) is 0 Å². The summed E-state index contributed by atoms with van der Waals surface area (Å²) in [4.78, 5) is 4.83. The molecular weight excluding hydrogens is 266 g/mol. The van der Waals surface area contributed by atoms with E-state index in [0.717, 1.165) is 0 Å². The molecule has 0 aliphatic heterocycles. The minimum atomic E-state index is 1.18. The van der Waals surface area contributed by atoms with Gasteiger partial charge in [-0.3, -0.25) is 4.98 Å². The van der Waals surface area contributed by atoms with Crippen LogP contribution < -0.4 is 0 Å². The number of aromatic nitrogens is 1. The van der Waals surface area contributed by atoms with Crippen LogP contribution in [0.5, 0.6) is 0 Å². The molecule has 0 N–H and O–H groups in total. The molecule has 1 nitrogen and oxygen atoms in total. The van der Waals surface area contributed by atoms with Crippen LogP contribution in [0.4, 0.5) is 0 Å². The second-order valence-electron chi connectivity index (χ2n) is 6.67. The van der Waals surface area contributed by atoms with Crippen LogP contribution in [0.3, 0.4) is 0 Å². The topological polar surface area (TPSA) is 12.9 Å². The summed E-state index contributed by atoms with van der Waals surface area (Å²) in [7, 11) is 0. The SMILES string of the molecule is CCCCCCc1ncc(CCCCC)cc1CCCCC. The molecule has 1 aromatic heterocycles. The normalized spacial score (nSPS) is 11.0. The van der Waals surface area contributed by atoms with E-state index in [1.165, 1.54) is 94.7 Å². The molecule has 0 unspecified atom stereocenters. The van der Waals surface area contributed by atoms with Crippen molar-refractivity contribution in [1.29, 1.82) is 0 Å². The van der Waals surface area contributed by atoms with Gasteiger partial charge in [0.1, 0.15) is 0 Å². The Morgan fingerprint density at radius 2 is 1.27 bits per heavy atom. The van der Waals surface area contributed by atoms with Crippen LogP contribution in [-0.4, -0.2) is 4.98 Å². The molecule has 0 spiro atoms. The predicted octanol–water partition coefficient (Wildman–Crippen LogP) is 6.67. The highest BCUT2D eigenvalue weighted by molar-refractivity contribution is 5.26. The zero-order valence-corrected chi connectivity index (χ0v) is 15.3. The highest BCUT2D eigenvalue weighted by atomic mass is 14.7. The van der Waals surface area contributed by atoms with Gasteiger partial charge in [0.05, 0.1) is 0 Å². The number of rotatable bonds is 13. The molecule has 0 bridgehead atoms. The van der Waals surface area contributed by atoms with Gasteiger partial charge in [-0.05, 0) is 49.7 Å². The van der Waals surface area contributed by atoms with E-state index in [1.54, 1.807) is 5.56 Å². The number of nitrogens with zero attached hydrogens (tertiary/aromatic N) is 1. The Bertz CT molecular complexity index is 383. The highest BCUT2D eigenvalue weighted by Crippen LogP contribution is 2.17. The van der Waals surface area contributed by atoms with Crippen LogP contribution in [-0.2, 0) is 19.3 Å². The third-order valence-corrected chi connectivity index (χ3v) is 4.50. The number of pyridine rings is 1. The number of unbranched alkanes of at least 4 members (excludes halogenated alkanes) is 7. The van der Waals surface area contributed by atoms with Crippen molar-refractivity contribution in [2.45, 2.75) is 104 Å². The molecule has 0 aliphatic carbocycles. The van der Waals surface area contributed by atoms with Gasteiger partial charge >= 0.3 is 0 Å². The molecule has 0 amide bonds. The minimum Gasteiger partial charge on any atom is -0.261 e. The number of aryl methyl sites for hydroxylation is 3. The van der Waals surface area contributed by atoms with Gasteiger partial charge < -0.3 is 0 Å². The largest absolute Gasteiger partial charge is 0.261 e. The van der Waals surface area contributed by atoms with Crippen molar-refractivity contribution in [1.82, 2.24) is 4.98 Å². The Morgan fingerprint density at radius 1 is 0.682 bits per heavy atom.